The van der Waals surface area contributed by atoms with Crippen LogP contribution in [0.5, 0.6) is 0 Å². The molecule has 0 saturated heterocycles. The van der Waals surface area contributed by atoms with Crippen LogP contribution in [-0.4, -0.2) is 0 Å². The van der Waals surface area contributed by atoms with Gasteiger partial charge in [0.2, 0.25) is 0 Å². The van der Waals surface area contributed by atoms with Crippen molar-refractivity contribution in [3.63, 3.8) is 0 Å². The minimum atomic E-state index is 0. The van der Waals surface area contributed by atoms with Gasteiger partial charge in [-0.1, -0.05) is 23.2 Å². The summed E-state index contributed by atoms with van der Waals surface area (Å²) in [6.45, 7) is 0. The van der Waals surface area contributed by atoms with E-state index in [1.54, 1.807) is 6.07 Å². The Morgan fingerprint density at radius 1 is 1.36 bits per heavy atom. The summed E-state index contributed by atoms with van der Waals surface area (Å²) in [6, 6.07) is 4.48. The molecular formula is C6H5Cl2FNNa. The van der Waals surface area contributed by atoms with Crippen LogP contribution >= 0.6 is 23.2 Å². The second-order valence-corrected chi connectivity index (χ2v) is 2.56. The summed E-state index contributed by atoms with van der Waals surface area (Å²) in [5.74, 6) is 0. The quantitative estimate of drug-likeness (QED) is 0.515. The van der Waals surface area contributed by atoms with Crippen LogP contribution in [0.15, 0.2) is 18.2 Å². The molecule has 0 amide bonds. The molecule has 1 rings (SSSR count). The van der Waals surface area contributed by atoms with Gasteiger partial charge in [0.05, 0.1) is 10.7 Å². The SMILES string of the molecule is FNc1ccc(Cl)cc1Cl.[H-].[Na+]. The first-order valence-corrected chi connectivity index (χ1v) is 3.31. The molecule has 1 N–H and O–H groups in total. The Labute approximate surface area is 97.6 Å². The fourth-order valence-corrected chi connectivity index (χ4v) is 1.01. The standard InChI is InChI=1S/C6H4Cl2FN.Na.H/c7-4-1-2-6(10-9)5(8)3-4;;/h1-3,10H;;/q;+1;-1. The van der Waals surface area contributed by atoms with Gasteiger partial charge in [-0.2, -0.15) is 0 Å². The Morgan fingerprint density at radius 3 is 2.45 bits per heavy atom. The van der Waals surface area contributed by atoms with Crippen molar-refractivity contribution in [2.45, 2.75) is 0 Å². The zero-order valence-corrected chi connectivity index (χ0v) is 9.38. The number of halogens is 3. The molecule has 0 saturated carbocycles. The van der Waals surface area contributed by atoms with Crippen LogP contribution in [0.3, 0.4) is 0 Å². The number of rotatable bonds is 1. The first-order valence-electron chi connectivity index (χ1n) is 2.55. The summed E-state index contributed by atoms with van der Waals surface area (Å²) in [5.41, 5.74) is 1.66. The van der Waals surface area contributed by atoms with Gasteiger partial charge in [0.15, 0.2) is 0 Å². The largest absolute Gasteiger partial charge is 1.00 e. The molecule has 5 heteroatoms. The number of nitrogens with one attached hydrogen (secondary N) is 1. The van der Waals surface area contributed by atoms with Gasteiger partial charge in [-0.25, -0.2) is 5.54 Å². The van der Waals surface area contributed by atoms with Crippen molar-refractivity contribution in [3.8, 4) is 0 Å². The van der Waals surface area contributed by atoms with E-state index >= 15 is 0 Å². The molecule has 1 aromatic carbocycles. The normalized spacial score (nSPS) is 8.64. The summed E-state index contributed by atoms with van der Waals surface area (Å²) in [4.78, 5) is 0. The Bertz CT molecular complexity index is 249. The number of benzene rings is 1. The maximum absolute atomic E-state index is 11.7. The maximum atomic E-state index is 11.7. The van der Waals surface area contributed by atoms with E-state index in [0.717, 1.165) is 0 Å². The Morgan fingerprint density at radius 2 is 2.00 bits per heavy atom. The van der Waals surface area contributed by atoms with Gasteiger partial charge in [-0.3, -0.25) is 0 Å². The number of hydrogen-bond donors (Lipinski definition) is 1. The van der Waals surface area contributed by atoms with Gasteiger partial charge in [0.1, 0.15) is 0 Å². The molecule has 0 fully saturated rings. The van der Waals surface area contributed by atoms with Crippen LogP contribution in [0.1, 0.15) is 1.43 Å². The van der Waals surface area contributed by atoms with Crippen molar-refractivity contribution < 1.29 is 35.5 Å². The van der Waals surface area contributed by atoms with Crippen molar-refractivity contribution in [3.05, 3.63) is 28.2 Å². The van der Waals surface area contributed by atoms with Crippen LogP contribution in [-0.2, 0) is 0 Å². The molecule has 0 unspecified atom stereocenters. The Balaban J connectivity index is 0. The summed E-state index contributed by atoms with van der Waals surface area (Å²) < 4.78 is 11.7. The molecule has 1 aromatic rings. The van der Waals surface area contributed by atoms with Gasteiger partial charge in [-0.05, 0) is 18.2 Å². The van der Waals surface area contributed by atoms with Crippen LogP contribution in [0.2, 0.25) is 10.0 Å². The van der Waals surface area contributed by atoms with E-state index in [2.05, 4.69) is 0 Å². The predicted molar refractivity (Wildman–Crippen MR) is 42.3 cm³/mol. The minimum absolute atomic E-state index is 0. The molecule has 0 atom stereocenters. The van der Waals surface area contributed by atoms with E-state index < -0.39 is 0 Å². The third-order valence-corrected chi connectivity index (χ3v) is 1.58. The molecule has 1 nitrogen and oxygen atoms in total. The summed E-state index contributed by atoms with van der Waals surface area (Å²) in [5, 5.41) is 0.763. The van der Waals surface area contributed by atoms with Crippen molar-refractivity contribution in [2.75, 3.05) is 5.54 Å². The van der Waals surface area contributed by atoms with Gasteiger partial charge in [0.25, 0.3) is 0 Å². The summed E-state index contributed by atoms with van der Waals surface area (Å²) in [6.07, 6.45) is 0. The van der Waals surface area contributed by atoms with Crippen LogP contribution < -0.4 is 35.1 Å². The second-order valence-electron chi connectivity index (χ2n) is 1.72. The molecule has 0 aliphatic rings. The first kappa shape index (κ1) is 11.5. The average Bonchev–Trinajstić information content (AvgIpc) is 1.88. The zero-order valence-electron chi connectivity index (χ0n) is 6.87. The number of hydrogen-bond acceptors (Lipinski definition) is 1. The van der Waals surface area contributed by atoms with Crippen LogP contribution in [0, 0.1) is 0 Å². The van der Waals surface area contributed by atoms with Crippen molar-refractivity contribution >= 4 is 28.9 Å². The van der Waals surface area contributed by atoms with E-state index in [0.29, 0.717) is 5.02 Å². The fourth-order valence-electron chi connectivity index (χ4n) is 0.566. The summed E-state index contributed by atoms with van der Waals surface area (Å²) >= 11 is 11.1. The van der Waals surface area contributed by atoms with E-state index in [-0.39, 0.29) is 41.7 Å². The van der Waals surface area contributed by atoms with E-state index in [4.69, 9.17) is 23.2 Å². The van der Waals surface area contributed by atoms with Crippen molar-refractivity contribution in [2.24, 2.45) is 0 Å². The van der Waals surface area contributed by atoms with Gasteiger partial charge in [0, 0.05) is 5.02 Å². The fraction of sp³-hybridized carbons (Fsp3) is 0. The Kier molecular flexibility index (Phi) is 5.48. The molecule has 11 heavy (non-hydrogen) atoms. The Hall–Kier alpha value is 0.530. The van der Waals surface area contributed by atoms with Crippen LogP contribution in [0.25, 0.3) is 0 Å². The molecule has 0 aliphatic heterocycles. The van der Waals surface area contributed by atoms with Gasteiger partial charge >= 0.3 is 29.6 Å². The van der Waals surface area contributed by atoms with E-state index in [9.17, 15) is 4.48 Å². The van der Waals surface area contributed by atoms with Gasteiger partial charge < -0.3 is 1.43 Å². The molecule has 0 aromatic heterocycles. The zero-order chi connectivity index (χ0) is 7.56. The third kappa shape index (κ3) is 3.18. The molecule has 0 heterocycles. The molecule has 0 spiro atoms. The average molecular weight is 204 g/mol. The predicted octanol–water partition coefficient (Wildman–Crippen LogP) is 0.406. The summed E-state index contributed by atoms with van der Waals surface area (Å²) in [7, 11) is 0. The minimum Gasteiger partial charge on any atom is -1.00 e. The first-order chi connectivity index (χ1) is 4.74. The monoisotopic (exact) mass is 203 g/mol. The molecule has 0 bridgehead atoms. The van der Waals surface area contributed by atoms with Crippen molar-refractivity contribution in [1.82, 2.24) is 0 Å². The molecular weight excluding hydrogens is 199 g/mol. The van der Waals surface area contributed by atoms with Gasteiger partial charge in [-0.15, -0.1) is 4.48 Å². The van der Waals surface area contributed by atoms with E-state index in [1.807, 2.05) is 0 Å². The molecule has 0 radical (unpaired) electrons. The maximum Gasteiger partial charge on any atom is 1.00 e. The third-order valence-electron chi connectivity index (χ3n) is 1.03. The van der Waals surface area contributed by atoms with E-state index in [1.165, 1.54) is 17.7 Å². The van der Waals surface area contributed by atoms with Crippen molar-refractivity contribution in [1.29, 1.82) is 0 Å². The smallest absolute Gasteiger partial charge is 1.00 e. The number of anilines is 1. The molecule has 0 aliphatic carbocycles. The topological polar surface area (TPSA) is 12.0 Å². The second kappa shape index (κ2) is 5.22. The van der Waals surface area contributed by atoms with Crippen LogP contribution in [0.4, 0.5) is 10.2 Å². The molecule has 56 valence electrons.